The number of benzene rings is 2. The summed E-state index contributed by atoms with van der Waals surface area (Å²) in [5.41, 5.74) is 4.01. The Kier molecular flexibility index (Phi) is 6.30. The Morgan fingerprint density at radius 3 is 2.68 bits per heavy atom. The van der Waals surface area contributed by atoms with Gasteiger partial charge in [0.1, 0.15) is 0 Å². The Morgan fingerprint density at radius 1 is 1.23 bits per heavy atom. The van der Waals surface area contributed by atoms with Gasteiger partial charge in [0.15, 0.2) is 0 Å². The van der Waals surface area contributed by atoms with Crippen molar-refractivity contribution in [2.75, 3.05) is 29.4 Å². The number of imidazole rings is 1. The van der Waals surface area contributed by atoms with E-state index in [-0.39, 0.29) is 11.9 Å². The van der Waals surface area contributed by atoms with Gasteiger partial charge in [-0.05, 0) is 50.6 Å². The second kappa shape index (κ2) is 8.97. The summed E-state index contributed by atoms with van der Waals surface area (Å²) in [6.45, 7) is 8.99. The lowest BCUT2D eigenvalue weighted by molar-refractivity contribution is -0.119. The van der Waals surface area contributed by atoms with Crippen LogP contribution in [0.25, 0.3) is 11.0 Å². The molecule has 1 atom stereocenters. The van der Waals surface area contributed by atoms with E-state index in [4.69, 9.17) is 28.2 Å². The molecule has 0 fully saturated rings. The molecule has 8 heteroatoms. The fourth-order valence-electron chi connectivity index (χ4n) is 4.38. The zero-order valence-corrected chi connectivity index (χ0v) is 19.5. The van der Waals surface area contributed by atoms with Crippen LogP contribution in [0, 0.1) is 0 Å². The maximum Gasteiger partial charge on any atom is 0.217 e. The number of fused-ring (bicyclic) bond motifs is 3. The molecule has 31 heavy (non-hydrogen) atoms. The molecule has 0 saturated heterocycles. The van der Waals surface area contributed by atoms with E-state index in [0.29, 0.717) is 23.1 Å². The summed E-state index contributed by atoms with van der Waals surface area (Å²) in [7, 11) is 0. The topological polar surface area (TPSA) is 53.4 Å². The quantitative estimate of drug-likeness (QED) is 0.566. The molecule has 1 unspecified atom stereocenters. The molecule has 3 aromatic rings. The van der Waals surface area contributed by atoms with Crippen molar-refractivity contribution in [3.8, 4) is 0 Å². The van der Waals surface area contributed by atoms with Crippen molar-refractivity contribution in [2.45, 2.75) is 39.8 Å². The number of aromatic nitrogens is 2. The van der Waals surface area contributed by atoms with Crippen LogP contribution in [0.3, 0.4) is 0 Å². The van der Waals surface area contributed by atoms with Crippen molar-refractivity contribution < 1.29 is 4.79 Å². The van der Waals surface area contributed by atoms with E-state index in [1.54, 1.807) is 13.0 Å². The van der Waals surface area contributed by atoms with E-state index in [0.717, 1.165) is 47.9 Å². The van der Waals surface area contributed by atoms with E-state index in [1.807, 2.05) is 24.3 Å². The van der Waals surface area contributed by atoms with Gasteiger partial charge in [-0.3, -0.25) is 4.79 Å². The second-order valence-electron chi connectivity index (χ2n) is 7.77. The number of nitrogens with one attached hydrogen (secondary N) is 1. The highest BCUT2D eigenvalue weighted by molar-refractivity contribution is 6.36. The highest BCUT2D eigenvalue weighted by Gasteiger charge is 2.28. The van der Waals surface area contributed by atoms with Crippen LogP contribution in [0.2, 0.25) is 10.0 Å². The average molecular weight is 460 g/mol. The SMILES string of the molecule is CCN(CC)c1cccc2nc3n(c12)CC(NC(C)=O)CCN3c1ccc(Cl)cc1Cl. The maximum atomic E-state index is 11.9. The van der Waals surface area contributed by atoms with Crippen LogP contribution >= 0.6 is 23.2 Å². The Bertz CT molecular complexity index is 1110. The number of amides is 1. The summed E-state index contributed by atoms with van der Waals surface area (Å²) in [6, 6.07) is 11.7. The molecule has 164 valence electrons. The van der Waals surface area contributed by atoms with E-state index in [9.17, 15) is 4.79 Å². The van der Waals surface area contributed by atoms with Crippen LogP contribution in [-0.4, -0.2) is 41.1 Å². The molecule has 0 radical (unpaired) electrons. The molecule has 0 spiro atoms. The van der Waals surface area contributed by atoms with E-state index >= 15 is 0 Å². The summed E-state index contributed by atoms with van der Waals surface area (Å²) in [6.07, 6.45) is 0.775. The van der Waals surface area contributed by atoms with Crippen LogP contribution in [0.4, 0.5) is 17.3 Å². The lowest BCUT2D eigenvalue weighted by Gasteiger charge is -2.24. The molecule has 2 aromatic carbocycles. The van der Waals surface area contributed by atoms with Crippen LogP contribution in [0.15, 0.2) is 36.4 Å². The molecule has 0 saturated carbocycles. The van der Waals surface area contributed by atoms with Gasteiger partial charge in [0.2, 0.25) is 11.9 Å². The van der Waals surface area contributed by atoms with E-state index < -0.39 is 0 Å². The Labute approximate surface area is 192 Å². The summed E-state index contributed by atoms with van der Waals surface area (Å²) in [5.74, 6) is 0.796. The largest absolute Gasteiger partial charge is 0.370 e. The van der Waals surface area contributed by atoms with Gasteiger partial charge in [0.25, 0.3) is 0 Å². The van der Waals surface area contributed by atoms with Crippen molar-refractivity contribution in [2.24, 2.45) is 0 Å². The van der Waals surface area contributed by atoms with Crippen molar-refractivity contribution in [1.29, 1.82) is 0 Å². The van der Waals surface area contributed by atoms with Gasteiger partial charge in [-0.1, -0.05) is 29.3 Å². The summed E-state index contributed by atoms with van der Waals surface area (Å²) in [4.78, 5) is 21.3. The van der Waals surface area contributed by atoms with Crippen LogP contribution in [0.5, 0.6) is 0 Å². The minimum atomic E-state index is -0.0297. The predicted molar refractivity (Wildman–Crippen MR) is 129 cm³/mol. The molecule has 0 bridgehead atoms. The number of hydrogen-bond donors (Lipinski definition) is 1. The summed E-state index contributed by atoms with van der Waals surface area (Å²) in [5, 5.41) is 4.28. The molecular formula is C23H27Cl2N5O. The second-order valence-corrected chi connectivity index (χ2v) is 8.62. The minimum Gasteiger partial charge on any atom is -0.370 e. The van der Waals surface area contributed by atoms with Crippen LogP contribution < -0.4 is 15.1 Å². The first-order chi connectivity index (χ1) is 14.9. The number of hydrogen-bond acceptors (Lipinski definition) is 4. The lowest BCUT2D eigenvalue weighted by atomic mass is 10.2. The third-order valence-corrected chi connectivity index (χ3v) is 6.32. The maximum absolute atomic E-state index is 11.9. The number of carbonyl (C=O) groups excluding carboxylic acids is 1. The third-order valence-electron chi connectivity index (χ3n) is 5.78. The van der Waals surface area contributed by atoms with Crippen molar-refractivity contribution >= 4 is 57.5 Å². The first-order valence-corrected chi connectivity index (χ1v) is 11.4. The van der Waals surface area contributed by atoms with Gasteiger partial charge in [-0.2, -0.15) is 0 Å². The number of rotatable bonds is 5. The van der Waals surface area contributed by atoms with Gasteiger partial charge in [0, 0.05) is 44.2 Å². The lowest BCUT2D eigenvalue weighted by Crippen LogP contribution is -2.36. The van der Waals surface area contributed by atoms with E-state index in [2.05, 4.69) is 39.6 Å². The van der Waals surface area contributed by atoms with Crippen LogP contribution in [-0.2, 0) is 11.3 Å². The molecular weight excluding hydrogens is 433 g/mol. The fraction of sp³-hybridized carbons (Fsp3) is 0.391. The van der Waals surface area contributed by atoms with Crippen molar-refractivity contribution in [1.82, 2.24) is 14.9 Å². The molecule has 2 heterocycles. The predicted octanol–water partition coefficient (Wildman–Crippen LogP) is 5.24. The highest BCUT2D eigenvalue weighted by Crippen LogP contribution is 2.39. The van der Waals surface area contributed by atoms with Gasteiger partial charge < -0.3 is 19.7 Å². The number of anilines is 3. The van der Waals surface area contributed by atoms with Crippen LogP contribution in [0.1, 0.15) is 27.2 Å². The van der Waals surface area contributed by atoms with Gasteiger partial charge >= 0.3 is 0 Å². The molecule has 6 nitrogen and oxygen atoms in total. The molecule has 1 aliphatic rings. The number of halogens is 2. The number of carbonyl (C=O) groups is 1. The zero-order chi connectivity index (χ0) is 22.1. The van der Waals surface area contributed by atoms with Gasteiger partial charge in [0.05, 0.1) is 27.4 Å². The molecule has 1 aromatic heterocycles. The Morgan fingerprint density at radius 2 is 2.00 bits per heavy atom. The first kappa shape index (κ1) is 21.8. The average Bonchev–Trinajstić information content (AvgIpc) is 3.00. The third kappa shape index (κ3) is 4.19. The fourth-order valence-corrected chi connectivity index (χ4v) is 4.89. The highest BCUT2D eigenvalue weighted by atomic mass is 35.5. The smallest absolute Gasteiger partial charge is 0.217 e. The van der Waals surface area contributed by atoms with E-state index in [1.165, 1.54) is 0 Å². The Balaban J connectivity index is 1.93. The standard InChI is InChI=1S/C23H27Cl2N5O/c1-4-28(5-2)21-8-6-7-19-22(21)30-14-17(26-15(3)31)11-12-29(23(30)27-19)20-10-9-16(24)13-18(20)25/h6-10,13,17H,4-5,11-12,14H2,1-3H3,(H,26,31). The van der Waals surface area contributed by atoms with Crippen molar-refractivity contribution in [3.05, 3.63) is 46.4 Å². The molecule has 1 amide bonds. The normalized spacial score (nSPS) is 16.2. The molecule has 1 aliphatic heterocycles. The molecule has 1 N–H and O–H groups in total. The summed E-state index contributed by atoms with van der Waals surface area (Å²) >= 11 is 12.7. The van der Waals surface area contributed by atoms with Crippen molar-refractivity contribution in [3.63, 3.8) is 0 Å². The Hall–Kier alpha value is -2.44. The summed E-state index contributed by atoms with van der Waals surface area (Å²) < 4.78 is 2.22. The molecule has 0 aliphatic carbocycles. The number of para-hydroxylation sites is 1. The van der Waals surface area contributed by atoms with Gasteiger partial charge in [-0.25, -0.2) is 4.98 Å². The number of nitrogens with zero attached hydrogens (tertiary/aromatic N) is 4. The minimum absolute atomic E-state index is 0.00511. The monoisotopic (exact) mass is 459 g/mol. The first-order valence-electron chi connectivity index (χ1n) is 10.7. The van der Waals surface area contributed by atoms with Gasteiger partial charge in [-0.15, -0.1) is 0 Å². The zero-order valence-electron chi connectivity index (χ0n) is 18.0. The molecule has 4 rings (SSSR count).